The highest BCUT2D eigenvalue weighted by Gasteiger charge is 2.01. The van der Waals surface area contributed by atoms with Crippen molar-refractivity contribution in [1.29, 1.82) is 0 Å². The Hall–Kier alpha value is -1.48. The van der Waals surface area contributed by atoms with Gasteiger partial charge in [-0.2, -0.15) is 0 Å². The van der Waals surface area contributed by atoms with Crippen LogP contribution >= 0.6 is 11.8 Å². The van der Waals surface area contributed by atoms with Crippen molar-refractivity contribution >= 4 is 11.8 Å². The molecule has 0 atom stereocenters. The minimum Gasteiger partial charge on any atom is -0.431 e. The zero-order valence-corrected chi connectivity index (χ0v) is 9.08. The average Bonchev–Trinajstić information content (AvgIpc) is 2.25. The van der Waals surface area contributed by atoms with Crippen LogP contribution in [0.15, 0.2) is 61.7 Å². The zero-order chi connectivity index (χ0) is 10.7. The van der Waals surface area contributed by atoms with E-state index in [0.717, 1.165) is 4.90 Å². The Morgan fingerprint density at radius 2 is 1.87 bits per heavy atom. The van der Waals surface area contributed by atoms with Gasteiger partial charge in [0.05, 0.1) is 11.2 Å². The third kappa shape index (κ3) is 2.50. The van der Waals surface area contributed by atoms with Crippen LogP contribution in [0.1, 0.15) is 5.56 Å². The molecule has 0 spiro atoms. The van der Waals surface area contributed by atoms with E-state index in [9.17, 15) is 4.79 Å². The van der Waals surface area contributed by atoms with Gasteiger partial charge in [-0.05, 0) is 31.2 Å². The molecule has 3 heteroatoms. The lowest BCUT2D eigenvalue weighted by molar-refractivity contribution is 0.494. The second-order valence-electron chi connectivity index (χ2n) is 3.18. The first kappa shape index (κ1) is 10.1. The van der Waals surface area contributed by atoms with E-state index < -0.39 is 0 Å². The summed E-state index contributed by atoms with van der Waals surface area (Å²) in [5, 5.41) is 0. The number of hydrogen-bond donors (Lipinski definition) is 0. The molecular formula is C12H10O2S. The van der Waals surface area contributed by atoms with Gasteiger partial charge in [0.2, 0.25) is 0 Å². The van der Waals surface area contributed by atoms with Crippen molar-refractivity contribution in [2.45, 2.75) is 16.7 Å². The first-order valence-electron chi connectivity index (χ1n) is 4.58. The van der Waals surface area contributed by atoms with Gasteiger partial charge >= 0.3 is 5.63 Å². The predicted molar refractivity (Wildman–Crippen MR) is 60.3 cm³/mol. The van der Waals surface area contributed by atoms with Gasteiger partial charge in [0.1, 0.15) is 0 Å². The van der Waals surface area contributed by atoms with Crippen molar-refractivity contribution in [2.24, 2.45) is 0 Å². The maximum atomic E-state index is 11.3. The van der Waals surface area contributed by atoms with Gasteiger partial charge in [0.15, 0.2) is 0 Å². The second kappa shape index (κ2) is 4.36. The standard InChI is InChI=1S/C12H10O2S/c1-9-4-6-10(7-5-9)15-11-3-2-8-14-12(11)13/h2-8H,1H3. The number of aryl methyl sites for hydroxylation is 1. The molecule has 0 saturated carbocycles. The molecule has 15 heavy (non-hydrogen) atoms. The fourth-order valence-electron chi connectivity index (χ4n) is 1.16. The third-order valence-corrected chi connectivity index (χ3v) is 2.98. The molecule has 76 valence electrons. The lowest BCUT2D eigenvalue weighted by atomic mass is 10.2. The molecule has 1 aromatic carbocycles. The third-order valence-electron chi connectivity index (χ3n) is 1.95. The van der Waals surface area contributed by atoms with Crippen LogP contribution in [0.2, 0.25) is 0 Å². The van der Waals surface area contributed by atoms with E-state index in [-0.39, 0.29) is 5.63 Å². The number of hydrogen-bond acceptors (Lipinski definition) is 3. The van der Waals surface area contributed by atoms with Crippen LogP contribution in [0, 0.1) is 6.92 Å². The van der Waals surface area contributed by atoms with E-state index in [0.29, 0.717) is 4.90 Å². The molecule has 2 aromatic rings. The molecule has 0 amide bonds. The highest BCUT2D eigenvalue weighted by Crippen LogP contribution is 2.24. The molecule has 0 fully saturated rings. The van der Waals surface area contributed by atoms with E-state index in [2.05, 4.69) is 0 Å². The Morgan fingerprint density at radius 1 is 1.13 bits per heavy atom. The summed E-state index contributed by atoms with van der Waals surface area (Å²) in [6.07, 6.45) is 1.39. The van der Waals surface area contributed by atoms with Gasteiger partial charge in [-0.1, -0.05) is 29.5 Å². The molecule has 0 aliphatic heterocycles. The largest absolute Gasteiger partial charge is 0.431 e. The van der Waals surface area contributed by atoms with Gasteiger partial charge < -0.3 is 4.42 Å². The van der Waals surface area contributed by atoms with Crippen molar-refractivity contribution < 1.29 is 4.42 Å². The topological polar surface area (TPSA) is 30.2 Å². The van der Waals surface area contributed by atoms with Crippen molar-refractivity contribution in [3.8, 4) is 0 Å². The molecule has 0 N–H and O–H groups in total. The predicted octanol–water partition coefficient (Wildman–Crippen LogP) is 3.10. The van der Waals surface area contributed by atoms with Crippen LogP contribution < -0.4 is 5.63 Å². The van der Waals surface area contributed by atoms with Gasteiger partial charge in [0, 0.05) is 4.90 Å². The monoisotopic (exact) mass is 218 g/mol. The van der Waals surface area contributed by atoms with Crippen molar-refractivity contribution in [1.82, 2.24) is 0 Å². The van der Waals surface area contributed by atoms with E-state index in [4.69, 9.17) is 4.42 Å². The summed E-state index contributed by atoms with van der Waals surface area (Å²) >= 11 is 1.42. The SMILES string of the molecule is Cc1ccc(Sc2cccoc2=O)cc1. The van der Waals surface area contributed by atoms with Crippen molar-refractivity contribution in [3.05, 3.63) is 58.6 Å². The molecule has 2 rings (SSSR count). The van der Waals surface area contributed by atoms with Crippen LogP contribution in [0.5, 0.6) is 0 Å². The summed E-state index contributed by atoms with van der Waals surface area (Å²) in [7, 11) is 0. The molecule has 0 radical (unpaired) electrons. The molecule has 0 saturated heterocycles. The smallest absolute Gasteiger partial charge is 0.349 e. The number of rotatable bonds is 2. The van der Waals surface area contributed by atoms with Crippen LogP contribution in [0.3, 0.4) is 0 Å². The highest BCUT2D eigenvalue weighted by molar-refractivity contribution is 7.99. The van der Waals surface area contributed by atoms with Crippen LogP contribution in [0.25, 0.3) is 0 Å². The molecule has 0 aliphatic rings. The lowest BCUT2D eigenvalue weighted by Crippen LogP contribution is -1.99. The average molecular weight is 218 g/mol. The summed E-state index contributed by atoms with van der Waals surface area (Å²) in [4.78, 5) is 13.0. The van der Waals surface area contributed by atoms with Crippen molar-refractivity contribution in [3.63, 3.8) is 0 Å². The summed E-state index contributed by atoms with van der Waals surface area (Å²) in [6, 6.07) is 11.5. The highest BCUT2D eigenvalue weighted by atomic mass is 32.2. The Kier molecular flexibility index (Phi) is 2.92. The summed E-state index contributed by atoms with van der Waals surface area (Å²) in [5.41, 5.74) is 0.919. The molecule has 0 bridgehead atoms. The molecule has 0 aliphatic carbocycles. The second-order valence-corrected chi connectivity index (χ2v) is 4.30. The zero-order valence-electron chi connectivity index (χ0n) is 8.27. The molecule has 1 heterocycles. The van der Waals surface area contributed by atoms with Gasteiger partial charge in [-0.15, -0.1) is 0 Å². The molecule has 1 aromatic heterocycles. The van der Waals surface area contributed by atoms with E-state index in [1.54, 1.807) is 12.1 Å². The fraction of sp³-hybridized carbons (Fsp3) is 0.0833. The van der Waals surface area contributed by atoms with Crippen LogP contribution in [0.4, 0.5) is 0 Å². The van der Waals surface area contributed by atoms with Gasteiger partial charge in [-0.25, -0.2) is 4.79 Å². The van der Waals surface area contributed by atoms with Crippen LogP contribution in [-0.2, 0) is 0 Å². The maximum Gasteiger partial charge on any atom is 0.349 e. The lowest BCUT2D eigenvalue weighted by Gasteiger charge is -1.99. The summed E-state index contributed by atoms with van der Waals surface area (Å²) < 4.78 is 4.78. The maximum absolute atomic E-state index is 11.3. The Balaban J connectivity index is 2.26. The van der Waals surface area contributed by atoms with E-state index in [1.165, 1.54) is 23.6 Å². The fourth-order valence-corrected chi connectivity index (χ4v) is 1.97. The molecule has 0 unspecified atom stereocenters. The quantitative estimate of drug-likeness (QED) is 0.775. The Bertz CT molecular complexity index is 500. The van der Waals surface area contributed by atoms with Crippen LogP contribution in [-0.4, -0.2) is 0 Å². The van der Waals surface area contributed by atoms with Gasteiger partial charge in [0.25, 0.3) is 0 Å². The minimum absolute atomic E-state index is 0.289. The number of benzene rings is 1. The molecule has 2 nitrogen and oxygen atoms in total. The van der Waals surface area contributed by atoms with Crippen molar-refractivity contribution in [2.75, 3.05) is 0 Å². The first-order valence-corrected chi connectivity index (χ1v) is 5.40. The Labute approximate surface area is 91.9 Å². The molecular weight excluding hydrogens is 208 g/mol. The van der Waals surface area contributed by atoms with E-state index >= 15 is 0 Å². The minimum atomic E-state index is -0.289. The van der Waals surface area contributed by atoms with E-state index in [1.807, 2.05) is 31.2 Å². The summed E-state index contributed by atoms with van der Waals surface area (Å²) in [6.45, 7) is 2.03. The normalized spacial score (nSPS) is 10.2. The van der Waals surface area contributed by atoms with Gasteiger partial charge in [-0.3, -0.25) is 0 Å². The first-order chi connectivity index (χ1) is 7.25. The Morgan fingerprint density at radius 3 is 2.53 bits per heavy atom. The summed E-state index contributed by atoms with van der Waals surface area (Å²) in [5.74, 6) is 0.